The number of imide groups is 1. The Morgan fingerprint density at radius 2 is 2.00 bits per heavy atom. The van der Waals surface area contributed by atoms with Crippen molar-refractivity contribution in [2.24, 2.45) is 5.84 Å². The standard InChI is InChI=1S/C19H15BrF4N4O5/c1-10(30)8-32-18-14(3-2-4-26-18)33-15-6-13(12(21)5-11(15)20)28(25)16(19(22,23)24)7-17(31)27-9-29/h2-7,9H,8,25H2,1H3,(H,27,29,31)/b16-7-. The number of nitrogens with one attached hydrogen (secondary N) is 1. The monoisotopic (exact) mass is 534 g/mol. The molecular formula is C19H15BrF4N4O5. The smallest absolute Gasteiger partial charge is 0.433 e. The van der Waals surface area contributed by atoms with Gasteiger partial charge < -0.3 is 9.47 Å². The summed E-state index contributed by atoms with van der Waals surface area (Å²) in [6.07, 6.45) is -3.98. The predicted octanol–water partition coefficient (Wildman–Crippen LogP) is 3.14. The molecule has 1 heterocycles. The number of alkyl halides is 3. The van der Waals surface area contributed by atoms with E-state index >= 15 is 0 Å². The second kappa shape index (κ2) is 10.9. The highest BCUT2D eigenvalue weighted by Crippen LogP contribution is 2.39. The van der Waals surface area contributed by atoms with Crippen molar-refractivity contribution >= 4 is 39.7 Å². The first kappa shape index (κ1) is 25.7. The molecule has 0 aliphatic rings. The van der Waals surface area contributed by atoms with E-state index in [9.17, 15) is 31.9 Å². The number of benzene rings is 1. The highest BCUT2D eigenvalue weighted by atomic mass is 79.9. The van der Waals surface area contributed by atoms with Crippen LogP contribution in [-0.2, 0) is 14.4 Å². The fourth-order valence-corrected chi connectivity index (χ4v) is 2.67. The summed E-state index contributed by atoms with van der Waals surface area (Å²) in [6.45, 7) is 0.964. The van der Waals surface area contributed by atoms with Crippen LogP contribution in [0.5, 0.6) is 17.4 Å². The Kier molecular flexibility index (Phi) is 8.48. The minimum Gasteiger partial charge on any atom is -0.467 e. The molecule has 3 N–H and O–H groups in total. The van der Waals surface area contributed by atoms with Gasteiger partial charge in [0.05, 0.1) is 10.2 Å². The number of hydrogen-bond donors (Lipinski definition) is 2. The third kappa shape index (κ3) is 6.98. The third-order valence-electron chi connectivity index (χ3n) is 3.65. The fraction of sp³-hybridized carbons (Fsp3) is 0.158. The number of rotatable bonds is 9. The number of ether oxygens (including phenoxy) is 2. The van der Waals surface area contributed by atoms with Crippen LogP contribution < -0.4 is 25.6 Å². The Bertz CT molecular complexity index is 1090. The average Bonchev–Trinajstić information content (AvgIpc) is 2.72. The highest BCUT2D eigenvalue weighted by Gasteiger charge is 2.39. The molecule has 0 spiro atoms. The molecule has 0 unspecified atom stereocenters. The molecule has 0 saturated heterocycles. The van der Waals surface area contributed by atoms with Gasteiger partial charge >= 0.3 is 6.18 Å². The molecule has 9 nitrogen and oxygen atoms in total. The van der Waals surface area contributed by atoms with E-state index in [-0.39, 0.29) is 51.7 Å². The van der Waals surface area contributed by atoms with E-state index in [0.29, 0.717) is 0 Å². The largest absolute Gasteiger partial charge is 0.467 e. The van der Waals surface area contributed by atoms with Crippen molar-refractivity contribution < 1.29 is 41.4 Å². The van der Waals surface area contributed by atoms with Crippen molar-refractivity contribution in [1.29, 1.82) is 0 Å². The number of nitrogens with two attached hydrogens (primary N) is 1. The van der Waals surface area contributed by atoms with Gasteiger partial charge in [0.1, 0.15) is 23.9 Å². The molecule has 14 heteroatoms. The first-order valence-electron chi connectivity index (χ1n) is 8.76. The van der Waals surface area contributed by atoms with E-state index in [1.54, 1.807) is 0 Å². The Balaban J connectivity index is 2.47. The van der Waals surface area contributed by atoms with Crippen LogP contribution in [0, 0.1) is 5.82 Å². The minimum absolute atomic E-state index is 0.00485. The zero-order chi connectivity index (χ0) is 24.8. The maximum atomic E-state index is 14.5. The van der Waals surface area contributed by atoms with E-state index in [4.69, 9.17) is 15.3 Å². The topological polar surface area (TPSA) is 124 Å². The SMILES string of the molecule is CC(=O)COc1ncccc1Oc1cc(N(N)/C(=C\C(=O)NC=O)C(F)(F)F)c(F)cc1Br. The molecule has 0 fully saturated rings. The number of halogens is 5. The lowest BCUT2D eigenvalue weighted by Crippen LogP contribution is -2.39. The van der Waals surface area contributed by atoms with Crippen LogP contribution in [0.1, 0.15) is 6.92 Å². The van der Waals surface area contributed by atoms with Gasteiger partial charge in [-0.25, -0.2) is 15.2 Å². The van der Waals surface area contributed by atoms with Gasteiger partial charge in [-0.2, -0.15) is 13.2 Å². The van der Waals surface area contributed by atoms with Gasteiger partial charge in [-0.3, -0.25) is 24.7 Å². The molecule has 1 aromatic carbocycles. The van der Waals surface area contributed by atoms with Gasteiger partial charge in [-0.15, -0.1) is 0 Å². The number of anilines is 1. The number of Topliss-reactive ketones (excluding diaryl/α,β-unsaturated/α-hetero) is 1. The first-order chi connectivity index (χ1) is 15.4. The number of amides is 2. The number of ketones is 1. The predicted molar refractivity (Wildman–Crippen MR) is 110 cm³/mol. The molecule has 2 amide bonds. The molecule has 2 rings (SSSR count). The third-order valence-corrected chi connectivity index (χ3v) is 4.27. The molecule has 0 bridgehead atoms. The molecule has 0 radical (unpaired) electrons. The Morgan fingerprint density at radius 1 is 1.30 bits per heavy atom. The normalized spacial score (nSPS) is 11.5. The van der Waals surface area contributed by atoms with E-state index in [1.165, 1.54) is 30.6 Å². The fourth-order valence-electron chi connectivity index (χ4n) is 2.27. The molecular weight excluding hydrogens is 520 g/mol. The Hall–Kier alpha value is -3.52. The van der Waals surface area contributed by atoms with Crippen molar-refractivity contribution in [1.82, 2.24) is 10.3 Å². The van der Waals surface area contributed by atoms with Gasteiger partial charge in [0.15, 0.2) is 11.5 Å². The van der Waals surface area contributed by atoms with Gasteiger partial charge in [0, 0.05) is 18.3 Å². The number of carbonyl (C=O) groups is 3. The van der Waals surface area contributed by atoms with Crippen molar-refractivity contribution in [3.05, 3.63) is 52.5 Å². The molecule has 1 aromatic heterocycles. The quantitative estimate of drug-likeness (QED) is 0.165. The van der Waals surface area contributed by atoms with Crippen LogP contribution in [0.2, 0.25) is 0 Å². The summed E-state index contributed by atoms with van der Waals surface area (Å²) in [5.74, 6) is 2.24. The lowest BCUT2D eigenvalue weighted by Gasteiger charge is -2.25. The molecule has 33 heavy (non-hydrogen) atoms. The molecule has 2 aromatic rings. The van der Waals surface area contributed by atoms with E-state index in [1.807, 2.05) is 0 Å². The Morgan fingerprint density at radius 3 is 2.61 bits per heavy atom. The molecule has 0 aliphatic heterocycles. The average molecular weight is 535 g/mol. The highest BCUT2D eigenvalue weighted by molar-refractivity contribution is 9.10. The van der Waals surface area contributed by atoms with Gasteiger partial charge in [0.2, 0.25) is 6.41 Å². The van der Waals surface area contributed by atoms with Crippen molar-refractivity contribution in [3.63, 3.8) is 0 Å². The summed E-state index contributed by atoms with van der Waals surface area (Å²) >= 11 is 3.03. The van der Waals surface area contributed by atoms with E-state index in [2.05, 4.69) is 20.9 Å². The van der Waals surface area contributed by atoms with E-state index < -0.39 is 29.3 Å². The summed E-state index contributed by atoms with van der Waals surface area (Å²) in [5, 5.41) is 1.38. The number of aromatic nitrogens is 1. The summed E-state index contributed by atoms with van der Waals surface area (Å²) in [4.78, 5) is 36.8. The van der Waals surface area contributed by atoms with Crippen LogP contribution in [0.3, 0.4) is 0 Å². The number of hydrazine groups is 1. The zero-order valence-corrected chi connectivity index (χ0v) is 18.2. The Labute approximate surface area is 192 Å². The van der Waals surface area contributed by atoms with Crippen molar-refractivity contribution in [3.8, 4) is 17.4 Å². The zero-order valence-electron chi connectivity index (χ0n) is 16.7. The maximum Gasteiger partial charge on any atom is 0.433 e. The number of nitrogens with zero attached hydrogens (tertiary/aromatic N) is 2. The van der Waals surface area contributed by atoms with Crippen molar-refractivity contribution in [2.75, 3.05) is 11.6 Å². The molecule has 0 saturated carbocycles. The summed E-state index contributed by atoms with van der Waals surface area (Å²) in [7, 11) is 0. The van der Waals surface area contributed by atoms with Gasteiger partial charge in [-0.05, 0) is 41.1 Å². The molecule has 176 valence electrons. The summed E-state index contributed by atoms with van der Waals surface area (Å²) in [5.41, 5.74) is -2.58. The lowest BCUT2D eigenvalue weighted by atomic mass is 10.2. The number of hydrogen-bond acceptors (Lipinski definition) is 8. The second-order valence-electron chi connectivity index (χ2n) is 6.16. The number of pyridine rings is 1. The van der Waals surface area contributed by atoms with Crippen LogP contribution in [-0.4, -0.2) is 35.9 Å². The van der Waals surface area contributed by atoms with Gasteiger partial charge in [0.25, 0.3) is 11.8 Å². The summed E-state index contributed by atoms with van der Waals surface area (Å²) in [6, 6.07) is 4.47. The van der Waals surface area contributed by atoms with Crippen LogP contribution in [0.4, 0.5) is 23.2 Å². The van der Waals surface area contributed by atoms with Crippen LogP contribution in [0.25, 0.3) is 0 Å². The molecule has 0 aliphatic carbocycles. The minimum atomic E-state index is -5.19. The first-order valence-corrected chi connectivity index (χ1v) is 9.55. The second-order valence-corrected chi connectivity index (χ2v) is 7.01. The van der Waals surface area contributed by atoms with E-state index in [0.717, 1.165) is 12.1 Å². The number of allylic oxidation sites excluding steroid dienone is 1. The molecule has 0 atom stereocenters. The van der Waals surface area contributed by atoms with Crippen LogP contribution >= 0.6 is 15.9 Å². The van der Waals surface area contributed by atoms with Gasteiger partial charge in [-0.1, -0.05) is 0 Å². The number of carbonyl (C=O) groups excluding carboxylic acids is 3. The van der Waals surface area contributed by atoms with Crippen LogP contribution in [0.15, 0.2) is 46.7 Å². The van der Waals surface area contributed by atoms with Crippen molar-refractivity contribution in [2.45, 2.75) is 13.1 Å². The lowest BCUT2D eigenvalue weighted by molar-refractivity contribution is -0.123. The summed E-state index contributed by atoms with van der Waals surface area (Å²) < 4.78 is 65.6. The maximum absolute atomic E-state index is 14.5.